The van der Waals surface area contributed by atoms with Gasteiger partial charge in [0.2, 0.25) is 0 Å². The van der Waals surface area contributed by atoms with E-state index >= 15 is 0 Å². The maximum Gasteiger partial charge on any atom is 0.271 e. The van der Waals surface area contributed by atoms with Gasteiger partial charge in [-0.2, -0.15) is 5.10 Å². The highest BCUT2D eigenvalue weighted by atomic mass is 16.5. The molecule has 0 radical (unpaired) electrons. The van der Waals surface area contributed by atoms with E-state index in [9.17, 15) is 4.79 Å². The second kappa shape index (κ2) is 7.98. The lowest BCUT2D eigenvalue weighted by Crippen LogP contribution is -2.27. The van der Waals surface area contributed by atoms with Gasteiger partial charge in [0.25, 0.3) is 5.91 Å². The number of amides is 1. The number of carbonyl (C=O) groups is 1. The summed E-state index contributed by atoms with van der Waals surface area (Å²) in [5.74, 6) is 0.388. The molecule has 5 heteroatoms. The molecule has 0 unspecified atom stereocenters. The van der Waals surface area contributed by atoms with E-state index in [1.54, 1.807) is 0 Å². The van der Waals surface area contributed by atoms with Crippen molar-refractivity contribution in [1.82, 2.24) is 15.5 Å². The Labute approximate surface area is 126 Å². The SMILES string of the molecule is C=C(C)COCCNC(=O)c1cc(C2CCCCC2)[nH]n1. The average Bonchev–Trinajstić information content (AvgIpc) is 2.97. The first-order valence-corrected chi connectivity index (χ1v) is 7.72. The summed E-state index contributed by atoms with van der Waals surface area (Å²) >= 11 is 0. The van der Waals surface area contributed by atoms with Crippen LogP contribution in [0.4, 0.5) is 0 Å². The number of nitrogens with one attached hydrogen (secondary N) is 2. The number of H-pyrrole nitrogens is 1. The first kappa shape index (κ1) is 15.8. The molecule has 2 rings (SSSR count). The van der Waals surface area contributed by atoms with Gasteiger partial charge in [-0.1, -0.05) is 31.4 Å². The third kappa shape index (κ3) is 5.01. The largest absolute Gasteiger partial charge is 0.375 e. The van der Waals surface area contributed by atoms with Gasteiger partial charge in [-0.25, -0.2) is 0 Å². The van der Waals surface area contributed by atoms with Crippen molar-refractivity contribution in [2.24, 2.45) is 0 Å². The summed E-state index contributed by atoms with van der Waals surface area (Å²) in [6.45, 7) is 7.17. The summed E-state index contributed by atoms with van der Waals surface area (Å²) in [6, 6.07) is 1.89. The number of hydrogen-bond donors (Lipinski definition) is 2. The molecule has 0 atom stereocenters. The zero-order valence-corrected chi connectivity index (χ0v) is 12.8. The van der Waals surface area contributed by atoms with Crippen molar-refractivity contribution >= 4 is 5.91 Å². The summed E-state index contributed by atoms with van der Waals surface area (Å²) in [6.07, 6.45) is 6.24. The lowest BCUT2D eigenvalue weighted by molar-refractivity contribution is 0.0922. The first-order valence-electron chi connectivity index (χ1n) is 7.72. The predicted octanol–water partition coefficient (Wildman–Crippen LogP) is 2.78. The number of carbonyl (C=O) groups excluding carboxylic acids is 1. The summed E-state index contributed by atoms with van der Waals surface area (Å²) in [7, 11) is 0. The molecule has 116 valence electrons. The fraction of sp³-hybridized carbons (Fsp3) is 0.625. The average molecular weight is 291 g/mol. The lowest BCUT2D eigenvalue weighted by atomic mass is 9.87. The number of ether oxygens (including phenoxy) is 1. The van der Waals surface area contributed by atoms with Crippen molar-refractivity contribution in [2.75, 3.05) is 19.8 Å². The highest BCUT2D eigenvalue weighted by Crippen LogP contribution is 2.31. The maximum atomic E-state index is 12.0. The molecular formula is C16H25N3O2. The van der Waals surface area contributed by atoms with Crippen molar-refractivity contribution in [1.29, 1.82) is 0 Å². The molecule has 1 fully saturated rings. The minimum Gasteiger partial charge on any atom is -0.375 e. The van der Waals surface area contributed by atoms with E-state index in [0.29, 0.717) is 31.4 Å². The monoisotopic (exact) mass is 291 g/mol. The third-order valence-corrected chi connectivity index (χ3v) is 3.76. The van der Waals surface area contributed by atoms with Crippen LogP contribution in [0.2, 0.25) is 0 Å². The molecule has 0 aliphatic heterocycles. The van der Waals surface area contributed by atoms with Crippen molar-refractivity contribution in [2.45, 2.75) is 44.9 Å². The van der Waals surface area contributed by atoms with Crippen LogP contribution in [0.3, 0.4) is 0 Å². The van der Waals surface area contributed by atoms with Gasteiger partial charge < -0.3 is 10.1 Å². The van der Waals surface area contributed by atoms with E-state index in [1.165, 1.54) is 32.1 Å². The minimum atomic E-state index is -0.146. The van der Waals surface area contributed by atoms with Gasteiger partial charge in [-0.15, -0.1) is 0 Å². The molecule has 21 heavy (non-hydrogen) atoms. The molecule has 1 aliphatic rings. The second-order valence-corrected chi connectivity index (χ2v) is 5.81. The Balaban J connectivity index is 1.75. The lowest BCUT2D eigenvalue weighted by Gasteiger charge is -2.19. The van der Waals surface area contributed by atoms with Crippen molar-refractivity contribution in [3.8, 4) is 0 Å². The van der Waals surface area contributed by atoms with E-state index < -0.39 is 0 Å². The van der Waals surface area contributed by atoms with Gasteiger partial charge in [0, 0.05) is 18.2 Å². The molecule has 1 amide bonds. The highest BCUT2D eigenvalue weighted by molar-refractivity contribution is 5.92. The van der Waals surface area contributed by atoms with Crippen LogP contribution >= 0.6 is 0 Å². The van der Waals surface area contributed by atoms with E-state index in [4.69, 9.17) is 4.74 Å². The Bertz CT molecular complexity index is 476. The minimum absolute atomic E-state index is 0.146. The maximum absolute atomic E-state index is 12.0. The molecule has 1 aromatic rings. The van der Waals surface area contributed by atoms with Crippen molar-refractivity contribution in [3.05, 3.63) is 29.6 Å². The van der Waals surface area contributed by atoms with Gasteiger partial charge in [-0.3, -0.25) is 9.89 Å². The van der Waals surface area contributed by atoms with E-state index in [0.717, 1.165) is 11.3 Å². The standard InChI is InChI=1S/C16H25N3O2/c1-12(2)11-21-9-8-17-16(20)15-10-14(18-19-15)13-6-4-3-5-7-13/h10,13H,1,3-9,11H2,2H3,(H,17,20)(H,18,19). The molecule has 1 aromatic heterocycles. The number of hydrogen-bond acceptors (Lipinski definition) is 3. The van der Waals surface area contributed by atoms with E-state index in [2.05, 4.69) is 22.1 Å². The fourth-order valence-corrected chi connectivity index (χ4v) is 2.65. The molecule has 2 N–H and O–H groups in total. The Kier molecular flexibility index (Phi) is 5.99. The number of aromatic nitrogens is 2. The molecule has 1 aliphatic carbocycles. The fourth-order valence-electron chi connectivity index (χ4n) is 2.65. The van der Waals surface area contributed by atoms with Crippen LogP contribution in [0.25, 0.3) is 0 Å². The van der Waals surface area contributed by atoms with E-state index in [1.807, 2.05) is 13.0 Å². The van der Waals surface area contributed by atoms with Crippen LogP contribution < -0.4 is 5.32 Å². The zero-order chi connectivity index (χ0) is 15.1. The molecule has 5 nitrogen and oxygen atoms in total. The van der Waals surface area contributed by atoms with Crippen LogP contribution in [-0.4, -0.2) is 35.9 Å². The van der Waals surface area contributed by atoms with Crippen LogP contribution in [0.1, 0.15) is 61.1 Å². The van der Waals surface area contributed by atoms with Crippen LogP contribution in [0, 0.1) is 0 Å². The molecule has 0 bridgehead atoms. The molecule has 0 spiro atoms. The van der Waals surface area contributed by atoms with Gasteiger partial charge in [0.05, 0.1) is 13.2 Å². The topological polar surface area (TPSA) is 67.0 Å². The first-order chi connectivity index (χ1) is 10.2. The number of nitrogens with zero attached hydrogens (tertiary/aromatic N) is 1. The third-order valence-electron chi connectivity index (χ3n) is 3.76. The van der Waals surface area contributed by atoms with Crippen molar-refractivity contribution in [3.63, 3.8) is 0 Å². The van der Waals surface area contributed by atoms with Gasteiger partial charge in [0.15, 0.2) is 0 Å². The Morgan fingerprint density at radius 3 is 2.95 bits per heavy atom. The summed E-state index contributed by atoms with van der Waals surface area (Å²) in [5.41, 5.74) is 2.54. The smallest absolute Gasteiger partial charge is 0.271 e. The summed E-state index contributed by atoms with van der Waals surface area (Å²) in [5, 5.41) is 9.96. The summed E-state index contributed by atoms with van der Waals surface area (Å²) < 4.78 is 5.34. The quantitative estimate of drug-likeness (QED) is 0.599. The van der Waals surface area contributed by atoms with Gasteiger partial charge >= 0.3 is 0 Å². The second-order valence-electron chi connectivity index (χ2n) is 5.81. The number of aromatic amines is 1. The molecule has 0 aromatic carbocycles. The molecular weight excluding hydrogens is 266 g/mol. The predicted molar refractivity (Wildman–Crippen MR) is 82.4 cm³/mol. The van der Waals surface area contributed by atoms with Crippen LogP contribution in [-0.2, 0) is 4.74 Å². The van der Waals surface area contributed by atoms with E-state index in [-0.39, 0.29) is 5.91 Å². The molecule has 0 saturated heterocycles. The Morgan fingerprint density at radius 2 is 2.24 bits per heavy atom. The van der Waals surface area contributed by atoms with Crippen LogP contribution in [0.5, 0.6) is 0 Å². The molecule has 1 saturated carbocycles. The van der Waals surface area contributed by atoms with Crippen molar-refractivity contribution < 1.29 is 9.53 Å². The number of rotatable bonds is 7. The Hall–Kier alpha value is -1.62. The van der Waals surface area contributed by atoms with Crippen LogP contribution in [0.15, 0.2) is 18.2 Å². The summed E-state index contributed by atoms with van der Waals surface area (Å²) in [4.78, 5) is 12.0. The van der Waals surface area contributed by atoms with Gasteiger partial charge in [-0.05, 0) is 25.8 Å². The highest BCUT2D eigenvalue weighted by Gasteiger charge is 2.19. The normalized spacial score (nSPS) is 15.9. The van der Waals surface area contributed by atoms with Gasteiger partial charge in [0.1, 0.15) is 5.69 Å². The molecule has 1 heterocycles. The zero-order valence-electron chi connectivity index (χ0n) is 12.8. The Morgan fingerprint density at radius 1 is 1.48 bits per heavy atom.